The predicted molar refractivity (Wildman–Crippen MR) is 87.2 cm³/mol. The van der Waals surface area contributed by atoms with Crippen molar-refractivity contribution in [2.45, 2.75) is 76.8 Å². The molecule has 2 heteroatoms. The lowest BCUT2D eigenvalue weighted by Crippen LogP contribution is -3.17. The highest BCUT2D eigenvalue weighted by atomic mass is 16.5. The van der Waals surface area contributed by atoms with Gasteiger partial charge in [0, 0.05) is 30.7 Å². The van der Waals surface area contributed by atoms with Gasteiger partial charge in [-0.1, -0.05) is 51.5 Å². The first-order valence-electron chi connectivity index (χ1n) is 8.68. The van der Waals surface area contributed by atoms with Gasteiger partial charge in [0.25, 0.3) is 0 Å². The Hall–Kier alpha value is -0.860. The highest BCUT2D eigenvalue weighted by Crippen LogP contribution is 2.41. The van der Waals surface area contributed by atoms with Crippen molar-refractivity contribution in [3.8, 4) is 0 Å². The van der Waals surface area contributed by atoms with Crippen LogP contribution in [0.2, 0.25) is 0 Å². The smallest absolute Gasteiger partial charge is 0.116 e. The zero-order valence-electron chi connectivity index (χ0n) is 13.7. The van der Waals surface area contributed by atoms with E-state index in [0.29, 0.717) is 16.9 Å². The van der Waals surface area contributed by atoms with Gasteiger partial charge in [-0.2, -0.15) is 0 Å². The van der Waals surface area contributed by atoms with Gasteiger partial charge < -0.3 is 10.3 Å². The van der Waals surface area contributed by atoms with Gasteiger partial charge in [0.15, 0.2) is 0 Å². The van der Waals surface area contributed by atoms with E-state index in [1.165, 1.54) is 30.4 Å². The highest BCUT2D eigenvalue weighted by molar-refractivity contribution is 5.33. The first kappa shape index (κ1) is 15.1. The Morgan fingerprint density at radius 2 is 1.71 bits per heavy atom. The summed E-state index contributed by atoms with van der Waals surface area (Å²) in [6.07, 6.45) is 7.08. The summed E-state index contributed by atoms with van der Waals surface area (Å²) in [5.74, 6) is 0.898. The topological polar surface area (TPSA) is 27.5 Å². The van der Waals surface area contributed by atoms with E-state index in [4.69, 9.17) is 0 Å². The van der Waals surface area contributed by atoms with Crippen LogP contribution in [0.3, 0.4) is 0 Å². The third-order valence-corrected chi connectivity index (χ3v) is 5.84. The van der Waals surface area contributed by atoms with E-state index < -0.39 is 0 Å². The molecule has 1 fully saturated rings. The minimum Gasteiger partial charge on any atom is -0.633 e. The Labute approximate surface area is 129 Å². The fourth-order valence-corrected chi connectivity index (χ4v) is 4.85. The summed E-state index contributed by atoms with van der Waals surface area (Å²) in [7, 11) is 0. The number of quaternary nitrogens is 1. The Morgan fingerprint density at radius 3 is 2.33 bits per heavy atom. The second kappa shape index (κ2) is 5.73. The molecule has 2 aliphatic rings. The van der Waals surface area contributed by atoms with Crippen molar-refractivity contribution in [2.24, 2.45) is 5.92 Å². The third-order valence-electron chi connectivity index (χ3n) is 5.84. The number of hydroxylamine groups is 2. The van der Waals surface area contributed by atoms with Crippen molar-refractivity contribution in [1.29, 1.82) is 0 Å². The van der Waals surface area contributed by atoms with Gasteiger partial charge in [-0.25, -0.2) is 0 Å². The molecule has 116 valence electrons. The number of benzene rings is 1. The largest absolute Gasteiger partial charge is 0.633 e. The van der Waals surface area contributed by atoms with Crippen molar-refractivity contribution < 1.29 is 5.06 Å². The maximum absolute atomic E-state index is 13.5. The van der Waals surface area contributed by atoms with Crippen molar-refractivity contribution in [2.75, 3.05) is 0 Å². The molecule has 0 radical (unpaired) electrons. The van der Waals surface area contributed by atoms with Gasteiger partial charge >= 0.3 is 0 Å². The van der Waals surface area contributed by atoms with Crippen LogP contribution < -0.4 is 5.06 Å². The third kappa shape index (κ3) is 2.53. The number of rotatable bonds is 1. The first-order valence-corrected chi connectivity index (χ1v) is 8.68. The highest BCUT2D eigenvalue weighted by Gasteiger charge is 2.46. The predicted octanol–water partition coefficient (Wildman–Crippen LogP) is 3.98. The van der Waals surface area contributed by atoms with E-state index >= 15 is 0 Å². The first-order chi connectivity index (χ1) is 10.1. The van der Waals surface area contributed by atoms with Crippen LogP contribution in [0.4, 0.5) is 0 Å². The molecule has 3 rings (SSSR count). The minimum absolute atomic E-state index is 0.0361. The molecule has 2 unspecified atom stereocenters. The standard InChI is InChI=1S/C19H29NO/c1-14(2)18-17-10-6-5-9-16(17)15(3)13-19(20(18)21)11-7-4-8-12-19/h5-6,9-10,14-15,18,20H,4,7-8,11-13H2,1-3H3/t15-,18?/m1/s1. The fourth-order valence-electron chi connectivity index (χ4n) is 4.85. The Morgan fingerprint density at radius 1 is 1.10 bits per heavy atom. The average Bonchev–Trinajstić information content (AvgIpc) is 2.55. The van der Waals surface area contributed by atoms with Gasteiger partial charge in [0.2, 0.25) is 0 Å². The second-order valence-corrected chi connectivity index (χ2v) is 7.66. The monoisotopic (exact) mass is 287 g/mol. The van der Waals surface area contributed by atoms with E-state index in [-0.39, 0.29) is 11.6 Å². The second-order valence-electron chi connectivity index (χ2n) is 7.66. The molecule has 2 nitrogen and oxygen atoms in total. The molecule has 1 heterocycles. The maximum Gasteiger partial charge on any atom is 0.116 e. The van der Waals surface area contributed by atoms with Crippen molar-refractivity contribution in [1.82, 2.24) is 0 Å². The zero-order chi connectivity index (χ0) is 15.0. The maximum atomic E-state index is 13.5. The van der Waals surface area contributed by atoms with E-state index in [1.807, 2.05) is 0 Å². The van der Waals surface area contributed by atoms with Crippen LogP contribution in [0.25, 0.3) is 0 Å². The molecule has 0 amide bonds. The SMILES string of the molecule is CC(C)C1c2ccccc2[C@H](C)CC2(CCCCC2)[NH+]1[O-]. The Balaban J connectivity index is 2.08. The number of fused-ring (bicyclic) bond motifs is 1. The summed E-state index contributed by atoms with van der Waals surface area (Å²) in [5.41, 5.74) is 2.70. The molecule has 0 bridgehead atoms. The normalized spacial score (nSPS) is 32.0. The molecule has 0 saturated heterocycles. The number of nitrogens with one attached hydrogen (secondary N) is 1. The van der Waals surface area contributed by atoms with Crippen molar-refractivity contribution >= 4 is 0 Å². The summed E-state index contributed by atoms with van der Waals surface area (Å²) >= 11 is 0. The van der Waals surface area contributed by atoms with E-state index in [1.54, 1.807) is 0 Å². The molecule has 21 heavy (non-hydrogen) atoms. The van der Waals surface area contributed by atoms with Crippen molar-refractivity contribution in [3.05, 3.63) is 40.6 Å². The summed E-state index contributed by atoms with van der Waals surface area (Å²) in [4.78, 5) is 0. The van der Waals surface area contributed by atoms with Gasteiger partial charge in [0.1, 0.15) is 6.04 Å². The molecule has 1 aromatic rings. The molecular formula is C19H29NO. The number of hydrogen-bond donors (Lipinski definition) is 1. The molecule has 1 spiro atoms. The van der Waals surface area contributed by atoms with Crippen LogP contribution in [0.15, 0.2) is 24.3 Å². The molecule has 1 saturated carbocycles. The van der Waals surface area contributed by atoms with Gasteiger partial charge in [0.05, 0.1) is 5.54 Å². The van der Waals surface area contributed by atoms with Gasteiger partial charge in [-0.05, 0) is 24.3 Å². The lowest BCUT2D eigenvalue weighted by atomic mass is 9.75. The molecular weight excluding hydrogens is 258 g/mol. The quantitative estimate of drug-likeness (QED) is 0.777. The Bertz CT molecular complexity index is 490. The molecule has 1 N–H and O–H groups in total. The van der Waals surface area contributed by atoms with E-state index in [9.17, 15) is 5.21 Å². The van der Waals surface area contributed by atoms with Gasteiger partial charge in [-0.15, -0.1) is 0 Å². The van der Waals surface area contributed by atoms with Crippen LogP contribution in [0, 0.1) is 11.1 Å². The van der Waals surface area contributed by atoms with Crippen LogP contribution in [0.1, 0.15) is 82.4 Å². The molecule has 1 aliphatic carbocycles. The fraction of sp³-hybridized carbons (Fsp3) is 0.684. The summed E-state index contributed by atoms with van der Waals surface area (Å²) in [5, 5.41) is 14.0. The molecule has 3 atom stereocenters. The molecule has 1 aliphatic heterocycles. The van der Waals surface area contributed by atoms with Crippen LogP contribution in [-0.2, 0) is 0 Å². The van der Waals surface area contributed by atoms with Crippen LogP contribution in [-0.4, -0.2) is 5.54 Å². The van der Waals surface area contributed by atoms with E-state index in [2.05, 4.69) is 45.0 Å². The van der Waals surface area contributed by atoms with Crippen LogP contribution in [0.5, 0.6) is 0 Å². The molecule has 0 aromatic heterocycles. The van der Waals surface area contributed by atoms with Crippen molar-refractivity contribution in [3.63, 3.8) is 0 Å². The lowest BCUT2D eigenvalue weighted by molar-refractivity contribution is -0.942. The minimum atomic E-state index is -0.0361. The lowest BCUT2D eigenvalue weighted by Gasteiger charge is -2.50. The van der Waals surface area contributed by atoms with Crippen LogP contribution >= 0.6 is 0 Å². The summed E-state index contributed by atoms with van der Waals surface area (Å²) < 4.78 is 0. The van der Waals surface area contributed by atoms with E-state index in [0.717, 1.165) is 19.3 Å². The average molecular weight is 287 g/mol. The summed E-state index contributed by atoms with van der Waals surface area (Å²) in [6, 6.07) is 8.80. The summed E-state index contributed by atoms with van der Waals surface area (Å²) in [6.45, 7) is 6.75. The molecule has 1 aromatic carbocycles. The zero-order valence-corrected chi connectivity index (χ0v) is 13.7. The number of hydrogen-bond acceptors (Lipinski definition) is 1. The van der Waals surface area contributed by atoms with Gasteiger partial charge in [-0.3, -0.25) is 0 Å². The Kier molecular flexibility index (Phi) is 4.11.